The highest BCUT2D eigenvalue weighted by molar-refractivity contribution is 5.97. The number of nitrogens with one attached hydrogen (secondary N) is 2. The molecule has 6 nitrogen and oxygen atoms in total. The summed E-state index contributed by atoms with van der Waals surface area (Å²) in [5.74, 6) is -0.529. The van der Waals surface area contributed by atoms with E-state index in [0.29, 0.717) is 0 Å². The van der Waals surface area contributed by atoms with Gasteiger partial charge >= 0.3 is 0 Å². The van der Waals surface area contributed by atoms with Gasteiger partial charge in [0.2, 0.25) is 0 Å². The summed E-state index contributed by atoms with van der Waals surface area (Å²) in [6, 6.07) is 11.0. The predicted octanol–water partition coefficient (Wildman–Crippen LogP) is 3.14. The lowest BCUT2D eigenvalue weighted by Gasteiger charge is -2.21. The highest BCUT2D eigenvalue weighted by Crippen LogP contribution is 2.26. The fourth-order valence-electron chi connectivity index (χ4n) is 2.79. The van der Waals surface area contributed by atoms with E-state index < -0.39 is 0 Å². The second kappa shape index (κ2) is 7.31. The number of pyridine rings is 1. The van der Waals surface area contributed by atoms with E-state index in [2.05, 4.69) is 26.6 Å². The number of benzene rings is 1. The Bertz CT molecular complexity index is 947. The van der Waals surface area contributed by atoms with Crippen LogP contribution in [0.1, 0.15) is 56.2 Å². The molecule has 1 aromatic carbocycles. The van der Waals surface area contributed by atoms with Gasteiger partial charge in [-0.1, -0.05) is 29.8 Å². The maximum Gasteiger partial charge on any atom is 0.270 e. The lowest BCUT2D eigenvalue weighted by atomic mass is 9.94. The summed E-state index contributed by atoms with van der Waals surface area (Å²) in [7, 11) is 0. The third kappa shape index (κ3) is 3.69. The quantitative estimate of drug-likeness (QED) is 0.693. The Labute approximate surface area is 151 Å². The van der Waals surface area contributed by atoms with Gasteiger partial charge in [0, 0.05) is 19.3 Å². The van der Waals surface area contributed by atoms with Crippen molar-refractivity contribution in [3.05, 3.63) is 82.4 Å². The van der Waals surface area contributed by atoms with Crippen LogP contribution >= 0.6 is 0 Å². The molecule has 0 saturated carbocycles. The van der Waals surface area contributed by atoms with Crippen LogP contribution in [0.4, 0.5) is 0 Å². The molecule has 0 aliphatic rings. The second-order valence-corrected chi connectivity index (χ2v) is 6.28. The van der Waals surface area contributed by atoms with Crippen molar-refractivity contribution in [1.29, 1.82) is 0 Å². The molecule has 1 atom stereocenters. The third-order valence-corrected chi connectivity index (χ3v) is 4.22. The van der Waals surface area contributed by atoms with Gasteiger partial charge in [-0.05, 0) is 42.7 Å². The molecule has 132 valence electrons. The van der Waals surface area contributed by atoms with Crippen LogP contribution in [0.2, 0.25) is 0 Å². The lowest BCUT2D eigenvalue weighted by Crippen LogP contribution is -2.30. The van der Waals surface area contributed by atoms with Crippen LogP contribution in [-0.4, -0.2) is 26.9 Å². The molecule has 2 aromatic heterocycles. The minimum Gasteiger partial charge on any atom is -0.340 e. The van der Waals surface area contributed by atoms with E-state index in [1.807, 2.05) is 38.1 Å². The Kier molecular flexibility index (Phi) is 4.93. The highest BCUT2D eigenvalue weighted by Gasteiger charge is 2.21. The van der Waals surface area contributed by atoms with Gasteiger partial charge in [-0.3, -0.25) is 19.7 Å². The molecule has 3 aromatic rings. The summed E-state index contributed by atoms with van der Waals surface area (Å²) < 4.78 is 0. The maximum absolute atomic E-state index is 12.7. The van der Waals surface area contributed by atoms with Crippen molar-refractivity contribution in [3.63, 3.8) is 0 Å². The summed E-state index contributed by atoms with van der Waals surface area (Å²) in [4.78, 5) is 28.3. The number of aromatic amines is 1. The minimum atomic E-state index is -0.361. The molecule has 0 aliphatic carbocycles. The number of nitrogens with zero attached hydrogens (tertiary/aromatic N) is 2. The molecule has 0 fully saturated rings. The van der Waals surface area contributed by atoms with E-state index >= 15 is 0 Å². The molecule has 0 spiro atoms. The van der Waals surface area contributed by atoms with Gasteiger partial charge in [0.1, 0.15) is 11.4 Å². The zero-order valence-electron chi connectivity index (χ0n) is 14.9. The van der Waals surface area contributed by atoms with Crippen molar-refractivity contribution in [1.82, 2.24) is 20.5 Å². The average molecular weight is 348 g/mol. The molecule has 6 heteroatoms. The molecule has 2 heterocycles. The number of amides is 1. The van der Waals surface area contributed by atoms with Crippen LogP contribution in [0.15, 0.2) is 48.8 Å². The molecular formula is C20H20N4O2. The maximum atomic E-state index is 12.7. The highest BCUT2D eigenvalue weighted by atomic mass is 16.2. The Morgan fingerprint density at radius 1 is 1.15 bits per heavy atom. The van der Waals surface area contributed by atoms with E-state index in [-0.39, 0.29) is 29.1 Å². The van der Waals surface area contributed by atoms with Gasteiger partial charge in [0.15, 0.2) is 5.78 Å². The van der Waals surface area contributed by atoms with Crippen LogP contribution < -0.4 is 5.32 Å². The summed E-state index contributed by atoms with van der Waals surface area (Å²) in [6.45, 7) is 5.43. The molecule has 0 radical (unpaired) electrons. The topological polar surface area (TPSA) is 87.7 Å². The largest absolute Gasteiger partial charge is 0.340 e. The minimum absolute atomic E-state index is 0.196. The van der Waals surface area contributed by atoms with Crippen molar-refractivity contribution in [2.75, 3.05) is 0 Å². The second-order valence-electron chi connectivity index (χ2n) is 6.28. The van der Waals surface area contributed by atoms with Crippen LogP contribution in [-0.2, 0) is 0 Å². The van der Waals surface area contributed by atoms with Crippen molar-refractivity contribution in [2.45, 2.75) is 26.8 Å². The smallest absolute Gasteiger partial charge is 0.270 e. The predicted molar refractivity (Wildman–Crippen MR) is 98.1 cm³/mol. The SMILES string of the molecule is CC(=O)c1cc(C(=O)NC(c2cccnc2)c2cc(C)ccc2C)[nH]n1. The number of H-pyrrole nitrogens is 1. The zero-order chi connectivity index (χ0) is 18.7. The molecule has 1 amide bonds. The monoisotopic (exact) mass is 348 g/mol. The standard InChI is InChI=1S/C20H20N4O2/c1-12-6-7-13(2)16(9-12)19(15-5-4-8-21-11-15)22-20(26)18-10-17(14(3)25)23-24-18/h4-11,19H,1-3H3,(H,22,26)(H,23,24). The fraction of sp³-hybridized carbons (Fsp3) is 0.200. The van der Waals surface area contributed by atoms with Crippen LogP contribution in [0, 0.1) is 13.8 Å². The van der Waals surface area contributed by atoms with Crippen molar-refractivity contribution >= 4 is 11.7 Å². The van der Waals surface area contributed by atoms with Gasteiger partial charge in [-0.2, -0.15) is 5.10 Å². The summed E-state index contributed by atoms with van der Waals surface area (Å²) in [5, 5.41) is 9.52. The number of Topliss-reactive ketones (excluding diaryl/α,β-unsaturated/α-hetero) is 1. The Balaban J connectivity index is 1.97. The number of ketones is 1. The van der Waals surface area contributed by atoms with Crippen molar-refractivity contribution < 1.29 is 9.59 Å². The normalized spacial score (nSPS) is 11.8. The summed E-state index contributed by atoms with van der Waals surface area (Å²) in [6.07, 6.45) is 3.43. The summed E-state index contributed by atoms with van der Waals surface area (Å²) >= 11 is 0. The molecule has 2 N–H and O–H groups in total. The average Bonchev–Trinajstić information content (AvgIpc) is 3.13. The van der Waals surface area contributed by atoms with Crippen molar-refractivity contribution in [2.24, 2.45) is 0 Å². The van der Waals surface area contributed by atoms with Gasteiger partial charge in [0.25, 0.3) is 5.91 Å². The number of carbonyl (C=O) groups is 2. The van der Waals surface area contributed by atoms with E-state index in [1.165, 1.54) is 13.0 Å². The van der Waals surface area contributed by atoms with Gasteiger partial charge in [-0.25, -0.2) is 0 Å². The van der Waals surface area contributed by atoms with Crippen LogP contribution in [0.5, 0.6) is 0 Å². The number of hydrogen-bond acceptors (Lipinski definition) is 4. The first-order valence-electron chi connectivity index (χ1n) is 8.30. The van der Waals surface area contributed by atoms with Crippen LogP contribution in [0.25, 0.3) is 0 Å². The number of aryl methyl sites for hydroxylation is 2. The first-order valence-corrected chi connectivity index (χ1v) is 8.30. The van der Waals surface area contributed by atoms with Crippen molar-refractivity contribution in [3.8, 4) is 0 Å². The molecular weight excluding hydrogens is 328 g/mol. The Hall–Kier alpha value is -3.28. The first-order chi connectivity index (χ1) is 12.5. The van der Waals surface area contributed by atoms with E-state index in [0.717, 1.165) is 22.3 Å². The Morgan fingerprint density at radius 2 is 1.96 bits per heavy atom. The van der Waals surface area contributed by atoms with E-state index in [4.69, 9.17) is 0 Å². The zero-order valence-corrected chi connectivity index (χ0v) is 14.9. The number of aromatic nitrogens is 3. The summed E-state index contributed by atoms with van der Waals surface area (Å²) in [5.41, 5.74) is 4.53. The van der Waals surface area contributed by atoms with Crippen LogP contribution in [0.3, 0.4) is 0 Å². The molecule has 26 heavy (non-hydrogen) atoms. The molecule has 0 aliphatic heterocycles. The van der Waals surface area contributed by atoms with Gasteiger partial charge in [0.05, 0.1) is 6.04 Å². The third-order valence-electron chi connectivity index (χ3n) is 4.22. The molecule has 0 saturated heterocycles. The fourth-order valence-corrected chi connectivity index (χ4v) is 2.79. The van der Waals surface area contributed by atoms with Gasteiger partial charge in [-0.15, -0.1) is 0 Å². The molecule has 3 rings (SSSR count). The molecule has 0 bridgehead atoms. The Morgan fingerprint density at radius 3 is 2.62 bits per heavy atom. The number of carbonyl (C=O) groups excluding carboxylic acids is 2. The number of hydrogen-bond donors (Lipinski definition) is 2. The number of rotatable bonds is 5. The van der Waals surface area contributed by atoms with Gasteiger partial charge < -0.3 is 5.32 Å². The van der Waals surface area contributed by atoms with E-state index in [1.54, 1.807) is 12.4 Å². The lowest BCUT2D eigenvalue weighted by molar-refractivity contribution is 0.0937. The molecule has 1 unspecified atom stereocenters. The first kappa shape index (κ1) is 17.5. The van der Waals surface area contributed by atoms with E-state index in [9.17, 15) is 9.59 Å².